The minimum atomic E-state index is -1.61. The highest BCUT2D eigenvalue weighted by Gasteiger charge is 2.44. The third-order valence-electron chi connectivity index (χ3n) is 10.7. The quantitative estimate of drug-likeness (QED) is 0.0416. The second-order valence-corrected chi connectivity index (χ2v) is 15.1. The van der Waals surface area contributed by atoms with Crippen LogP contribution in [0.25, 0.3) is 0 Å². The fourth-order valence-electron chi connectivity index (χ4n) is 7.22. The van der Waals surface area contributed by atoms with E-state index in [1.165, 1.54) is 96.0 Å². The summed E-state index contributed by atoms with van der Waals surface area (Å²) in [4.78, 5) is 0. The predicted octanol–water partition coefficient (Wildman–Crippen LogP) is 7.02. The summed E-state index contributed by atoms with van der Waals surface area (Å²) in [6.45, 7) is 3.19. The van der Waals surface area contributed by atoms with E-state index in [9.17, 15) is 30.6 Å². The van der Waals surface area contributed by atoms with Crippen molar-refractivity contribution in [2.45, 2.75) is 204 Å². The first-order chi connectivity index (χ1) is 24.3. The molecule has 10 heteroatoms. The SMILES string of the molecule is CCCCCCCCCCCCCC[C@@H](O)[C@@H](O)[C@@H](/C=C(/F)CCCCCCCCCCC1CCOC1)COC1OC(CO)C(O)C(O)C1O. The fourth-order valence-corrected chi connectivity index (χ4v) is 7.22. The fraction of sp³-hybridized carbons (Fsp3) is 0.950. The first kappa shape index (κ1) is 45.5. The third-order valence-corrected chi connectivity index (χ3v) is 10.7. The van der Waals surface area contributed by atoms with Gasteiger partial charge in [0.15, 0.2) is 6.29 Å². The van der Waals surface area contributed by atoms with Crippen LogP contribution in [-0.2, 0) is 14.2 Å². The first-order valence-electron chi connectivity index (χ1n) is 20.5. The van der Waals surface area contributed by atoms with Crippen molar-refractivity contribution in [3.8, 4) is 0 Å². The summed E-state index contributed by atoms with van der Waals surface area (Å²) in [5.74, 6) is -0.564. The van der Waals surface area contributed by atoms with Gasteiger partial charge >= 0.3 is 0 Å². The predicted molar refractivity (Wildman–Crippen MR) is 195 cm³/mol. The molecule has 6 unspecified atom stereocenters. The molecule has 2 aliphatic heterocycles. The van der Waals surface area contributed by atoms with Crippen molar-refractivity contribution in [2.75, 3.05) is 26.4 Å². The lowest BCUT2D eigenvalue weighted by molar-refractivity contribution is -0.303. The molecule has 2 rings (SSSR count). The Morgan fingerprint density at radius 1 is 0.760 bits per heavy atom. The van der Waals surface area contributed by atoms with Gasteiger partial charge in [-0.3, -0.25) is 0 Å². The summed E-state index contributed by atoms with van der Waals surface area (Å²) >= 11 is 0. The Balaban J connectivity index is 1.75. The first-order valence-corrected chi connectivity index (χ1v) is 20.5. The van der Waals surface area contributed by atoms with Crippen LogP contribution in [0.1, 0.15) is 161 Å². The summed E-state index contributed by atoms with van der Waals surface area (Å²) in [6.07, 6.45) is 17.7. The van der Waals surface area contributed by atoms with Crippen LogP contribution in [0.15, 0.2) is 11.9 Å². The molecule has 0 saturated carbocycles. The number of hydrogen-bond acceptors (Lipinski definition) is 9. The number of ether oxygens (including phenoxy) is 3. The van der Waals surface area contributed by atoms with Crippen LogP contribution in [0.2, 0.25) is 0 Å². The van der Waals surface area contributed by atoms with E-state index in [4.69, 9.17) is 14.2 Å². The van der Waals surface area contributed by atoms with Gasteiger partial charge in [0.1, 0.15) is 24.4 Å². The van der Waals surface area contributed by atoms with E-state index < -0.39 is 55.4 Å². The molecule has 2 saturated heterocycles. The van der Waals surface area contributed by atoms with E-state index in [1.807, 2.05) is 0 Å². The van der Waals surface area contributed by atoms with Crippen molar-refractivity contribution < 1.29 is 49.2 Å². The molecule has 9 nitrogen and oxygen atoms in total. The third kappa shape index (κ3) is 19.4. The molecule has 0 aromatic carbocycles. The van der Waals surface area contributed by atoms with Gasteiger partial charge in [-0.1, -0.05) is 129 Å². The molecular formula is C40H75FO9. The molecule has 2 heterocycles. The van der Waals surface area contributed by atoms with Gasteiger partial charge in [0, 0.05) is 19.1 Å². The topological polar surface area (TPSA) is 149 Å². The van der Waals surface area contributed by atoms with Gasteiger partial charge in [0.05, 0.1) is 31.2 Å². The van der Waals surface area contributed by atoms with Crippen molar-refractivity contribution in [3.63, 3.8) is 0 Å². The van der Waals surface area contributed by atoms with Gasteiger partial charge in [0.2, 0.25) is 0 Å². The molecule has 6 N–H and O–H groups in total. The number of hydrogen-bond donors (Lipinski definition) is 6. The van der Waals surface area contributed by atoms with Crippen LogP contribution in [0.4, 0.5) is 4.39 Å². The molecule has 0 aliphatic carbocycles. The largest absolute Gasteiger partial charge is 0.394 e. The summed E-state index contributed by atoms with van der Waals surface area (Å²) in [5.41, 5.74) is 0. The summed E-state index contributed by atoms with van der Waals surface area (Å²) in [6, 6.07) is 0. The molecular weight excluding hydrogens is 643 g/mol. The number of rotatable bonds is 31. The van der Waals surface area contributed by atoms with E-state index in [2.05, 4.69) is 6.92 Å². The van der Waals surface area contributed by atoms with Crippen LogP contribution in [0, 0.1) is 11.8 Å². The minimum absolute atomic E-state index is 0.224. The van der Waals surface area contributed by atoms with Crippen molar-refractivity contribution in [3.05, 3.63) is 11.9 Å². The maximum atomic E-state index is 15.2. The Bertz CT molecular complexity index is 825. The average Bonchev–Trinajstić information content (AvgIpc) is 3.64. The highest BCUT2D eigenvalue weighted by Crippen LogP contribution is 2.26. The van der Waals surface area contributed by atoms with Crippen LogP contribution in [0.3, 0.4) is 0 Å². The Hall–Kier alpha value is -0.690. The van der Waals surface area contributed by atoms with Crippen LogP contribution in [0.5, 0.6) is 0 Å². The Kier molecular flexibility index (Phi) is 26.2. The summed E-state index contributed by atoms with van der Waals surface area (Å²) in [5, 5.41) is 62.1. The number of aliphatic hydroxyl groups is 6. The number of aliphatic hydroxyl groups excluding tert-OH is 6. The second kappa shape index (κ2) is 28.8. The van der Waals surface area contributed by atoms with Gasteiger partial charge in [0.25, 0.3) is 0 Å². The maximum Gasteiger partial charge on any atom is 0.186 e. The molecule has 9 atom stereocenters. The number of halogens is 1. The van der Waals surface area contributed by atoms with E-state index in [0.717, 1.165) is 64.1 Å². The van der Waals surface area contributed by atoms with Gasteiger partial charge in [-0.15, -0.1) is 0 Å². The highest BCUT2D eigenvalue weighted by molar-refractivity contribution is 5.00. The Labute approximate surface area is 303 Å². The molecule has 0 amide bonds. The summed E-state index contributed by atoms with van der Waals surface area (Å²) in [7, 11) is 0. The molecule has 0 aromatic rings. The van der Waals surface area contributed by atoms with E-state index in [0.29, 0.717) is 12.8 Å². The molecule has 2 aliphatic rings. The second-order valence-electron chi connectivity index (χ2n) is 15.1. The van der Waals surface area contributed by atoms with Crippen LogP contribution in [-0.4, -0.2) is 100.0 Å². The zero-order chi connectivity index (χ0) is 36.4. The van der Waals surface area contributed by atoms with Gasteiger partial charge in [-0.25, -0.2) is 4.39 Å². The monoisotopic (exact) mass is 719 g/mol. The Morgan fingerprint density at radius 2 is 1.32 bits per heavy atom. The van der Waals surface area contributed by atoms with Crippen molar-refractivity contribution in [1.29, 1.82) is 0 Å². The normalized spacial score (nSPS) is 26.4. The number of allylic oxidation sites excluding steroid dienone is 1. The van der Waals surface area contributed by atoms with Gasteiger partial charge < -0.3 is 44.8 Å². The smallest absolute Gasteiger partial charge is 0.186 e. The van der Waals surface area contributed by atoms with Crippen LogP contribution >= 0.6 is 0 Å². The van der Waals surface area contributed by atoms with E-state index in [-0.39, 0.29) is 18.9 Å². The van der Waals surface area contributed by atoms with E-state index in [1.54, 1.807) is 0 Å². The molecule has 296 valence electrons. The minimum Gasteiger partial charge on any atom is -0.394 e. The van der Waals surface area contributed by atoms with Gasteiger partial charge in [-0.05, 0) is 44.1 Å². The lowest BCUT2D eigenvalue weighted by Crippen LogP contribution is -2.59. The standard InChI is InChI=1S/C40H75FO9/c1-2-3-4-5-6-7-8-9-10-15-18-21-24-34(43)36(44)32(30-49-40-39(47)38(46)37(45)35(28-42)50-40)27-33(41)23-20-17-14-12-11-13-16-19-22-31-25-26-48-29-31/h27,31-32,34-40,42-47H,2-26,28-30H2,1H3/b33-27+/t31?,32-,34+,35?,36-,37?,38?,39?,40?/m0/s1. The lowest BCUT2D eigenvalue weighted by Gasteiger charge is -2.40. The molecule has 0 radical (unpaired) electrons. The molecule has 0 bridgehead atoms. The molecule has 50 heavy (non-hydrogen) atoms. The van der Waals surface area contributed by atoms with Crippen LogP contribution < -0.4 is 0 Å². The number of unbranched alkanes of at least 4 members (excludes halogenated alkanes) is 18. The Morgan fingerprint density at radius 3 is 1.88 bits per heavy atom. The van der Waals surface area contributed by atoms with E-state index >= 15 is 4.39 Å². The molecule has 0 spiro atoms. The zero-order valence-electron chi connectivity index (χ0n) is 31.4. The molecule has 0 aromatic heterocycles. The summed E-state index contributed by atoms with van der Waals surface area (Å²) < 4.78 is 31.7. The maximum absolute atomic E-state index is 15.2. The van der Waals surface area contributed by atoms with Crippen molar-refractivity contribution in [1.82, 2.24) is 0 Å². The van der Waals surface area contributed by atoms with Gasteiger partial charge in [-0.2, -0.15) is 0 Å². The average molecular weight is 719 g/mol. The van der Waals surface area contributed by atoms with Crippen molar-refractivity contribution in [2.24, 2.45) is 11.8 Å². The molecule has 2 fully saturated rings. The zero-order valence-corrected chi connectivity index (χ0v) is 31.4. The lowest BCUT2D eigenvalue weighted by atomic mass is 9.93. The van der Waals surface area contributed by atoms with Crippen molar-refractivity contribution >= 4 is 0 Å². The highest BCUT2D eigenvalue weighted by atomic mass is 19.1.